The first-order chi connectivity index (χ1) is 8.06. The molecule has 0 saturated carbocycles. The van der Waals surface area contributed by atoms with Crippen LogP contribution in [-0.4, -0.2) is 5.97 Å². The van der Waals surface area contributed by atoms with E-state index in [1.54, 1.807) is 0 Å². The Morgan fingerprint density at radius 3 is 2.29 bits per heavy atom. The minimum atomic E-state index is -0.162. The Kier molecular flexibility index (Phi) is 5.64. The number of carbonyl (C=O) groups excluding carboxylic acids is 1. The molecule has 0 N–H and O–H groups in total. The van der Waals surface area contributed by atoms with Gasteiger partial charge in [0.1, 0.15) is 0 Å². The van der Waals surface area contributed by atoms with E-state index in [0.29, 0.717) is 5.92 Å². The Morgan fingerprint density at radius 2 is 1.82 bits per heavy atom. The molecular weight excluding hydrogens is 231 g/mol. The lowest BCUT2D eigenvalue weighted by atomic mass is 9.81. The third-order valence-corrected chi connectivity index (χ3v) is 3.28. The van der Waals surface area contributed by atoms with Crippen LogP contribution in [0.25, 0.3) is 0 Å². The van der Waals surface area contributed by atoms with Crippen molar-refractivity contribution in [3.05, 3.63) is 35.9 Å². The van der Waals surface area contributed by atoms with Gasteiger partial charge in [0.05, 0.1) is 15.4 Å². The van der Waals surface area contributed by atoms with Crippen LogP contribution in [-0.2, 0) is 9.32 Å². The number of rotatable bonds is 5. The van der Waals surface area contributed by atoms with Crippen LogP contribution in [0.15, 0.2) is 30.3 Å². The fourth-order valence-electron chi connectivity index (χ4n) is 2.11. The number of carbonyl (C=O) groups is 1. The van der Waals surface area contributed by atoms with E-state index in [2.05, 4.69) is 26.0 Å². The first kappa shape index (κ1) is 14.2. The summed E-state index contributed by atoms with van der Waals surface area (Å²) in [5.41, 5.74) is 1.21. The van der Waals surface area contributed by atoms with Crippen molar-refractivity contribution in [2.45, 2.75) is 33.1 Å². The van der Waals surface area contributed by atoms with Crippen molar-refractivity contribution in [1.29, 1.82) is 0 Å². The van der Waals surface area contributed by atoms with Gasteiger partial charge in [0.15, 0.2) is 0 Å². The largest absolute Gasteiger partial charge is 0.451 e. The summed E-state index contributed by atoms with van der Waals surface area (Å²) in [6.45, 7) is 6.29. The molecule has 3 heteroatoms. The quantitative estimate of drug-likeness (QED) is 0.745. The van der Waals surface area contributed by atoms with Gasteiger partial charge in [-0.2, -0.15) is 0 Å². The highest BCUT2D eigenvalue weighted by Gasteiger charge is 2.26. The Hall–Kier alpha value is -0.880. The monoisotopic (exact) mass is 252 g/mol. The summed E-state index contributed by atoms with van der Waals surface area (Å²) in [7, 11) is 2.04. The fourth-order valence-corrected chi connectivity index (χ4v) is 2.32. The summed E-state index contributed by atoms with van der Waals surface area (Å²) < 4.78 is 4.77. The molecule has 1 aromatic carbocycles. The molecule has 0 amide bonds. The van der Waals surface area contributed by atoms with Crippen LogP contribution in [0, 0.1) is 11.8 Å². The molecular formula is C14H21O2P. The molecule has 0 aliphatic carbocycles. The van der Waals surface area contributed by atoms with Gasteiger partial charge in [0, 0.05) is 0 Å². The highest BCUT2D eigenvalue weighted by Crippen LogP contribution is 2.32. The molecule has 1 rings (SSSR count). The van der Waals surface area contributed by atoms with Gasteiger partial charge < -0.3 is 4.52 Å². The van der Waals surface area contributed by atoms with Gasteiger partial charge in [-0.3, -0.25) is 4.79 Å². The van der Waals surface area contributed by atoms with Crippen molar-refractivity contribution in [2.75, 3.05) is 0 Å². The van der Waals surface area contributed by atoms with Crippen LogP contribution in [0.3, 0.4) is 0 Å². The maximum absolute atomic E-state index is 11.7. The Morgan fingerprint density at radius 1 is 1.24 bits per heavy atom. The SMILES string of the molecule is CC(C)CC(c1ccccc1)C(C)C(=O)OP. The van der Waals surface area contributed by atoms with E-state index in [1.165, 1.54) is 5.56 Å². The molecule has 0 bridgehead atoms. The van der Waals surface area contributed by atoms with Crippen LogP contribution >= 0.6 is 9.47 Å². The number of benzene rings is 1. The fraction of sp³-hybridized carbons (Fsp3) is 0.500. The van der Waals surface area contributed by atoms with Crippen LogP contribution in [0.2, 0.25) is 0 Å². The summed E-state index contributed by atoms with van der Waals surface area (Å²) in [6.07, 6.45) is 0.991. The lowest BCUT2D eigenvalue weighted by molar-refractivity contribution is -0.138. The molecule has 2 nitrogen and oxygen atoms in total. The summed E-state index contributed by atoms with van der Waals surface area (Å²) in [4.78, 5) is 11.7. The van der Waals surface area contributed by atoms with Gasteiger partial charge in [0.25, 0.3) is 0 Å². The number of hydrogen-bond acceptors (Lipinski definition) is 2. The average Bonchev–Trinajstić information content (AvgIpc) is 2.35. The molecule has 3 unspecified atom stereocenters. The Balaban J connectivity index is 2.92. The highest BCUT2D eigenvalue weighted by atomic mass is 31.0. The Bertz CT molecular complexity index is 348. The predicted molar refractivity (Wildman–Crippen MR) is 73.6 cm³/mol. The summed E-state index contributed by atoms with van der Waals surface area (Å²) in [5, 5.41) is 0. The molecule has 0 spiro atoms. The standard InChI is InChI=1S/C14H21O2P/c1-10(2)9-13(11(3)14(15)16-17)12-7-5-4-6-8-12/h4-8,10-11,13H,9,17H2,1-3H3. The van der Waals surface area contributed by atoms with Crippen molar-refractivity contribution in [2.24, 2.45) is 11.8 Å². The second-order valence-corrected chi connectivity index (χ2v) is 5.11. The van der Waals surface area contributed by atoms with Gasteiger partial charge in [-0.15, -0.1) is 0 Å². The van der Waals surface area contributed by atoms with E-state index in [4.69, 9.17) is 4.52 Å². The topological polar surface area (TPSA) is 26.3 Å². The van der Waals surface area contributed by atoms with Crippen molar-refractivity contribution < 1.29 is 9.32 Å². The lowest BCUT2D eigenvalue weighted by Crippen LogP contribution is -2.21. The zero-order valence-electron chi connectivity index (χ0n) is 10.7. The van der Waals surface area contributed by atoms with Crippen molar-refractivity contribution in [3.8, 4) is 0 Å². The summed E-state index contributed by atoms with van der Waals surface area (Å²) in [6, 6.07) is 10.2. The maximum Gasteiger partial charge on any atom is 0.311 e. The lowest BCUT2D eigenvalue weighted by Gasteiger charge is -2.24. The molecule has 0 aliphatic heterocycles. The number of hydrogen-bond donors (Lipinski definition) is 0. The van der Waals surface area contributed by atoms with Gasteiger partial charge in [-0.1, -0.05) is 51.1 Å². The smallest absolute Gasteiger partial charge is 0.311 e. The third-order valence-electron chi connectivity index (χ3n) is 3.04. The van der Waals surface area contributed by atoms with E-state index >= 15 is 0 Å². The van der Waals surface area contributed by atoms with Crippen molar-refractivity contribution in [1.82, 2.24) is 0 Å². The molecule has 3 atom stereocenters. The van der Waals surface area contributed by atoms with Crippen LogP contribution in [0.5, 0.6) is 0 Å². The molecule has 17 heavy (non-hydrogen) atoms. The Labute approximate surface area is 106 Å². The van der Waals surface area contributed by atoms with E-state index in [-0.39, 0.29) is 17.8 Å². The molecule has 0 saturated heterocycles. The van der Waals surface area contributed by atoms with E-state index in [9.17, 15) is 4.79 Å². The molecule has 0 heterocycles. The molecule has 0 fully saturated rings. The second-order valence-electron chi connectivity index (χ2n) is 4.87. The summed E-state index contributed by atoms with van der Waals surface area (Å²) in [5.74, 6) is 0.506. The van der Waals surface area contributed by atoms with Gasteiger partial charge >= 0.3 is 5.97 Å². The van der Waals surface area contributed by atoms with Gasteiger partial charge in [0.2, 0.25) is 0 Å². The normalized spacial score (nSPS) is 14.4. The van der Waals surface area contributed by atoms with E-state index in [0.717, 1.165) is 6.42 Å². The van der Waals surface area contributed by atoms with Crippen molar-refractivity contribution >= 4 is 15.4 Å². The summed E-state index contributed by atoms with van der Waals surface area (Å²) >= 11 is 0. The maximum atomic E-state index is 11.7. The zero-order valence-corrected chi connectivity index (χ0v) is 11.9. The van der Waals surface area contributed by atoms with E-state index < -0.39 is 0 Å². The minimum absolute atomic E-state index is 0.114. The second kappa shape index (κ2) is 6.76. The van der Waals surface area contributed by atoms with Crippen LogP contribution in [0.4, 0.5) is 0 Å². The molecule has 0 aromatic heterocycles. The van der Waals surface area contributed by atoms with Crippen LogP contribution < -0.4 is 0 Å². The average molecular weight is 252 g/mol. The van der Waals surface area contributed by atoms with E-state index in [1.807, 2.05) is 34.6 Å². The zero-order chi connectivity index (χ0) is 12.8. The first-order valence-corrected chi connectivity index (χ1v) is 6.49. The molecule has 0 aliphatic rings. The molecule has 94 valence electrons. The van der Waals surface area contributed by atoms with Gasteiger partial charge in [-0.25, -0.2) is 0 Å². The van der Waals surface area contributed by atoms with Crippen molar-refractivity contribution in [3.63, 3.8) is 0 Å². The predicted octanol–water partition coefficient (Wildman–Crippen LogP) is 3.79. The minimum Gasteiger partial charge on any atom is -0.451 e. The third kappa shape index (κ3) is 4.12. The first-order valence-electron chi connectivity index (χ1n) is 6.01. The van der Waals surface area contributed by atoms with Crippen LogP contribution in [0.1, 0.15) is 38.7 Å². The highest BCUT2D eigenvalue weighted by molar-refractivity contribution is 7.10. The molecule has 1 aromatic rings. The van der Waals surface area contributed by atoms with Gasteiger partial charge in [-0.05, 0) is 23.8 Å². The molecule has 0 radical (unpaired) electrons.